The third-order valence-electron chi connectivity index (χ3n) is 15.8. The van der Waals surface area contributed by atoms with E-state index in [4.69, 9.17) is 59.7 Å². The van der Waals surface area contributed by atoms with E-state index in [1.165, 1.54) is 20.8 Å². The Kier molecular flexibility index (Phi) is 18.0. The average molecular weight is 1290 g/mol. The van der Waals surface area contributed by atoms with Crippen LogP contribution in [0.4, 0.5) is 0 Å². The molecule has 464 valence electrons. The molecule has 19 nitrogen and oxygen atoms in total. The number of fused-ring (bicyclic) bond motifs is 6. The van der Waals surface area contributed by atoms with Crippen molar-refractivity contribution in [2.45, 2.75) is 66.7 Å². The number of rotatable bonds is 9. The zero-order valence-electron chi connectivity index (χ0n) is 50.2. The predicted molar refractivity (Wildman–Crippen MR) is 348 cm³/mol. The van der Waals surface area contributed by atoms with Crippen molar-refractivity contribution in [2.75, 3.05) is 21.1 Å². The Bertz CT molecular complexity index is 4040. The summed E-state index contributed by atoms with van der Waals surface area (Å²) < 4.78 is 24.7. The summed E-state index contributed by atoms with van der Waals surface area (Å²) >= 11 is 3.36. The lowest BCUT2D eigenvalue weighted by molar-refractivity contribution is -0.193. The monoisotopic (exact) mass is 1290 g/mol. The van der Waals surface area contributed by atoms with Crippen molar-refractivity contribution in [3.8, 4) is 40.2 Å². The Morgan fingerprint density at radius 3 is 1.24 bits per heavy atom. The highest BCUT2D eigenvalue weighted by molar-refractivity contribution is 9.08. The quantitative estimate of drug-likeness (QED) is 0.0669. The van der Waals surface area contributed by atoms with Gasteiger partial charge in [0.15, 0.2) is 5.75 Å². The van der Waals surface area contributed by atoms with Crippen molar-refractivity contribution in [1.82, 2.24) is 20.7 Å². The van der Waals surface area contributed by atoms with Crippen LogP contribution in [0.2, 0.25) is 0 Å². The van der Waals surface area contributed by atoms with Crippen molar-refractivity contribution in [2.24, 2.45) is 26.4 Å². The number of halogens is 1. The Hall–Kier alpha value is -10.3. The third kappa shape index (κ3) is 13.7. The van der Waals surface area contributed by atoms with E-state index in [-0.39, 0.29) is 29.8 Å². The Balaban J connectivity index is 0.000000125. The van der Waals surface area contributed by atoms with E-state index in [2.05, 4.69) is 38.5 Å². The summed E-state index contributed by atoms with van der Waals surface area (Å²) in [6, 6.07) is 75.3. The van der Waals surface area contributed by atoms with Crippen molar-refractivity contribution >= 4 is 33.8 Å². The first-order chi connectivity index (χ1) is 44.3. The van der Waals surface area contributed by atoms with Crippen molar-refractivity contribution in [3.63, 3.8) is 0 Å². The highest BCUT2D eigenvalue weighted by atomic mass is 79.9. The van der Waals surface area contributed by atoms with Gasteiger partial charge in [-0.05, 0) is 94.5 Å². The Morgan fingerprint density at radius 1 is 0.462 bits per heavy atom. The SMILES string of the molecule is BrCc1ccccc1.CN1OC2(CC(c3ccccc3)Oc3ccc(O)cc32)N=C1N.CN1OC2(CC(c3ccccc3)Oc3ccc(O)cc32)N=C1NOc1ccccc1.CN1OC2(CC(c3ccccc3)Oc3ccc(OCc4ccccc4)cc32)N=C1N. The van der Waals surface area contributed by atoms with Gasteiger partial charge < -0.3 is 45.5 Å². The number of hydroxylamine groups is 7. The van der Waals surface area contributed by atoms with Gasteiger partial charge in [0.1, 0.15) is 59.4 Å². The average Bonchev–Trinajstić information content (AvgIpc) is 1.72. The minimum Gasteiger partial charge on any atom is -0.508 e. The molecule has 7 N–H and O–H groups in total. The number of alkyl halides is 1. The zero-order chi connectivity index (χ0) is 63.0. The number of ether oxygens (including phenoxy) is 4. The van der Waals surface area contributed by atoms with Crippen LogP contribution in [0.1, 0.15) is 82.1 Å². The number of hydrogen-bond donors (Lipinski definition) is 5. The molecule has 9 aromatic rings. The molecule has 0 bridgehead atoms. The number of nitrogens with one attached hydrogen (secondary N) is 1. The number of aromatic hydroxyl groups is 2. The van der Waals surface area contributed by atoms with Gasteiger partial charge >= 0.3 is 0 Å². The first-order valence-corrected chi connectivity index (χ1v) is 30.7. The van der Waals surface area contributed by atoms with Crippen LogP contribution in [0.15, 0.2) is 252 Å². The van der Waals surface area contributed by atoms with Crippen LogP contribution in [-0.2, 0) is 43.6 Å². The van der Waals surface area contributed by atoms with Crippen molar-refractivity contribution < 1.29 is 48.5 Å². The van der Waals surface area contributed by atoms with E-state index >= 15 is 0 Å². The fraction of sp³-hybridized carbons (Fsp3) is 0.197. The number of guanidine groups is 3. The van der Waals surface area contributed by atoms with Crippen LogP contribution in [0.5, 0.6) is 40.2 Å². The maximum Gasteiger partial charge on any atom is 0.255 e. The van der Waals surface area contributed by atoms with Crippen LogP contribution >= 0.6 is 15.9 Å². The van der Waals surface area contributed by atoms with Crippen molar-refractivity contribution in [1.29, 1.82) is 0 Å². The Labute approximate surface area is 535 Å². The summed E-state index contributed by atoms with van der Waals surface area (Å²) in [5, 5.41) is 25.4. The third-order valence-corrected chi connectivity index (χ3v) is 16.4. The van der Waals surface area contributed by atoms with Crippen LogP contribution in [0.25, 0.3) is 0 Å². The van der Waals surface area contributed by atoms with E-state index in [0.29, 0.717) is 77.9 Å². The molecule has 91 heavy (non-hydrogen) atoms. The van der Waals surface area contributed by atoms with E-state index in [0.717, 1.165) is 38.9 Å². The van der Waals surface area contributed by atoms with Gasteiger partial charge in [0, 0.05) is 45.7 Å². The molecule has 0 saturated heterocycles. The second-order valence-corrected chi connectivity index (χ2v) is 22.6. The van der Waals surface area contributed by atoms with E-state index in [9.17, 15) is 10.2 Å². The molecule has 6 heterocycles. The van der Waals surface area contributed by atoms with Gasteiger partial charge in [0.05, 0.1) is 16.7 Å². The second-order valence-electron chi connectivity index (χ2n) is 22.1. The topological polar surface area (TPSA) is 225 Å². The van der Waals surface area contributed by atoms with Gasteiger partial charge in [-0.3, -0.25) is 0 Å². The maximum absolute atomic E-state index is 10.1. The van der Waals surface area contributed by atoms with Gasteiger partial charge in [0.25, 0.3) is 5.96 Å². The predicted octanol–water partition coefficient (Wildman–Crippen LogP) is 12.9. The first kappa shape index (κ1) is 61.0. The van der Waals surface area contributed by atoms with Gasteiger partial charge in [0.2, 0.25) is 29.1 Å². The molecule has 15 rings (SSSR count). The van der Waals surface area contributed by atoms with E-state index < -0.39 is 17.2 Å². The van der Waals surface area contributed by atoms with E-state index in [1.54, 1.807) is 57.5 Å². The standard InChI is InChI=1S/C24H23N3O3.C23H21N3O4.C17H17N3O3.C7H7Br/c1-27-23(25)26-24(30-27)15-22(18-10-6-3-7-11-18)29-21-13-12-19(14-20(21)24)28-16-17-8-4-2-5-9-17;1-26-22(25-29-18-10-6-3-7-11-18)24-23(30-26)15-21(16-8-4-2-5-9-16)28-20-13-12-17(27)14-19(20)23;1-20-16(18)19-17(23-20)10-15(11-5-3-2-4-6-11)22-14-8-7-12(21)9-13(14)17;8-6-7-4-2-1-3-5-7/h2-14,22H,15-16H2,1H3,(H2,25,26);2-14,21,27H,15H2,1H3,(H,24,25);2-9,15,21H,10H2,1H3,(H2,18,19);1-5H,6H2. The van der Waals surface area contributed by atoms with Gasteiger partial charge in [-0.15, -0.1) is 0 Å². The molecule has 6 unspecified atom stereocenters. The smallest absolute Gasteiger partial charge is 0.255 e. The lowest BCUT2D eigenvalue weighted by Crippen LogP contribution is -2.38. The summed E-state index contributed by atoms with van der Waals surface area (Å²) in [6.07, 6.45) is 0.758. The van der Waals surface area contributed by atoms with Crippen LogP contribution < -0.4 is 40.7 Å². The molecule has 0 amide bonds. The summed E-state index contributed by atoms with van der Waals surface area (Å²) in [5.74, 6) is 4.67. The molecule has 0 radical (unpaired) electrons. The van der Waals surface area contributed by atoms with Crippen LogP contribution in [0, 0.1) is 0 Å². The molecule has 0 fully saturated rings. The highest BCUT2D eigenvalue weighted by Crippen LogP contribution is 2.54. The molecule has 9 aromatic carbocycles. The number of hydrogen-bond acceptors (Lipinski definition) is 19. The maximum atomic E-state index is 10.1. The molecule has 6 aliphatic heterocycles. The molecule has 0 aliphatic carbocycles. The molecule has 0 saturated carbocycles. The number of nitrogens with two attached hydrogens (primary N) is 2. The Morgan fingerprint density at radius 2 is 0.835 bits per heavy atom. The highest BCUT2D eigenvalue weighted by Gasteiger charge is 2.52. The number of benzene rings is 9. The summed E-state index contributed by atoms with van der Waals surface area (Å²) in [6.45, 7) is 0.478. The largest absolute Gasteiger partial charge is 0.508 e. The summed E-state index contributed by atoms with van der Waals surface area (Å²) in [7, 11) is 5.23. The number of nitrogens with zero attached hydrogens (tertiary/aromatic N) is 6. The first-order valence-electron chi connectivity index (χ1n) is 29.6. The van der Waals surface area contributed by atoms with Gasteiger partial charge in [-0.2, -0.15) is 5.48 Å². The molecular formula is C71H68BrN9O10. The second kappa shape index (κ2) is 26.8. The minimum absolute atomic E-state index is 0.123. The molecule has 6 aliphatic rings. The van der Waals surface area contributed by atoms with Gasteiger partial charge in [-0.25, -0.2) is 44.7 Å². The zero-order valence-corrected chi connectivity index (χ0v) is 51.7. The number of phenolic OH excluding ortho intramolecular Hbond substituents is 2. The fourth-order valence-corrected chi connectivity index (χ4v) is 11.7. The number of aliphatic imine (C=N–C) groups is 3. The van der Waals surface area contributed by atoms with Crippen LogP contribution in [0.3, 0.4) is 0 Å². The van der Waals surface area contributed by atoms with E-state index in [1.807, 2.05) is 188 Å². The lowest BCUT2D eigenvalue weighted by atomic mass is 9.90. The van der Waals surface area contributed by atoms with Crippen molar-refractivity contribution in [3.05, 3.63) is 281 Å². The van der Waals surface area contributed by atoms with Gasteiger partial charge in [-0.1, -0.05) is 186 Å². The molecule has 0 aromatic heterocycles. The molecular weight excluding hydrogens is 1220 g/mol. The number of phenols is 2. The molecule has 20 heteroatoms. The van der Waals surface area contributed by atoms with Crippen LogP contribution in [-0.4, -0.2) is 64.4 Å². The lowest BCUT2D eigenvalue weighted by Gasteiger charge is -2.37. The minimum atomic E-state index is -1.05. The number of para-hydroxylation sites is 1. The molecule has 6 atom stereocenters. The summed E-state index contributed by atoms with van der Waals surface area (Å²) in [5.41, 5.74) is 19.6. The summed E-state index contributed by atoms with van der Waals surface area (Å²) in [4.78, 5) is 38.0. The normalized spacial score (nSPS) is 22.0. The molecule has 3 spiro atoms. The fourth-order valence-electron chi connectivity index (χ4n) is 11.3.